The Labute approximate surface area is 118 Å². The van der Waals surface area contributed by atoms with Gasteiger partial charge >= 0.3 is 0 Å². The molecule has 2 rings (SSSR count). The van der Waals surface area contributed by atoms with Gasteiger partial charge in [0, 0.05) is 18.1 Å². The largest absolute Gasteiger partial charge is 0.759 e. The van der Waals surface area contributed by atoms with Crippen LogP contribution in [0.25, 0.3) is 0 Å². The first kappa shape index (κ1) is 14.6. The molecule has 1 aliphatic heterocycles. The fourth-order valence-corrected chi connectivity index (χ4v) is 2.40. The lowest BCUT2D eigenvalue weighted by Gasteiger charge is -2.39. The van der Waals surface area contributed by atoms with Crippen molar-refractivity contribution in [2.75, 3.05) is 13.7 Å². The topological polar surface area (TPSA) is 77.8 Å². The Morgan fingerprint density at radius 2 is 2.30 bits per heavy atom. The highest BCUT2D eigenvalue weighted by Crippen LogP contribution is 2.47. The van der Waals surface area contributed by atoms with Crippen LogP contribution in [-0.4, -0.2) is 25.2 Å². The van der Waals surface area contributed by atoms with Crippen LogP contribution in [0, 0.1) is 16.5 Å². The maximum Gasteiger partial charge on any atom is 0.173 e. The van der Waals surface area contributed by atoms with Gasteiger partial charge < -0.3 is 19.5 Å². The number of methoxy groups -OCH3 is 1. The number of hydrogen-bond donors (Lipinski definition) is 0. The number of hydroxylamine groups is 2. The molecular formula is C14H17N2O4-. The van der Waals surface area contributed by atoms with Crippen molar-refractivity contribution in [3.05, 3.63) is 29.0 Å². The van der Waals surface area contributed by atoms with E-state index in [1.54, 1.807) is 26.2 Å². The van der Waals surface area contributed by atoms with E-state index in [-0.39, 0.29) is 13.0 Å². The van der Waals surface area contributed by atoms with Gasteiger partial charge in [-0.15, -0.1) is 0 Å². The third-order valence-corrected chi connectivity index (χ3v) is 3.48. The first-order chi connectivity index (χ1) is 9.56. The predicted octanol–water partition coefficient (Wildman–Crippen LogP) is 2.34. The van der Waals surface area contributed by atoms with Gasteiger partial charge in [-0.3, -0.25) is 0 Å². The number of fused-ring (bicyclic) bond motifs is 1. The molecule has 6 heteroatoms. The zero-order valence-corrected chi connectivity index (χ0v) is 11.8. The average molecular weight is 277 g/mol. The SMILES string of the molecule is CCON([O-])C1Oc2cc(OC)ccc2C1(C)CC#N. The molecule has 1 heterocycles. The van der Waals surface area contributed by atoms with Gasteiger partial charge in [-0.2, -0.15) is 5.26 Å². The number of nitrogens with zero attached hydrogens (tertiary/aromatic N) is 2. The lowest BCUT2D eigenvalue weighted by molar-refractivity contribution is -0.205. The van der Waals surface area contributed by atoms with Crippen molar-refractivity contribution in [3.8, 4) is 17.6 Å². The third-order valence-electron chi connectivity index (χ3n) is 3.48. The van der Waals surface area contributed by atoms with Gasteiger partial charge in [-0.1, -0.05) is 6.07 Å². The van der Waals surface area contributed by atoms with Gasteiger partial charge in [0.05, 0.1) is 25.2 Å². The van der Waals surface area contributed by atoms with E-state index < -0.39 is 11.6 Å². The van der Waals surface area contributed by atoms with Crippen LogP contribution in [0.1, 0.15) is 25.8 Å². The Balaban J connectivity index is 2.41. The molecule has 6 nitrogen and oxygen atoms in total. The highest BCUT2D eigenvalue weighted by Gasteiger charge is 2.46. The molecule has 0 aliphatic carbocycles. The fourth-order valence-electron chi connectivity index (χ4n) is 2.40. The Hall–Kier alpha value is -1.81. The first-order valence-corrected chi connectivity index (χ1v) is 6.38. The van der Waals surface area contributed by atoms with E-state index in [0.717, 1.165) is 5.56 Å². The van der Waals surface area contributed by atoms with Gasteiger partial charge in [0.15, 0.2) is 6.23 Å². The molecule has 1 aromatic carbocycles. The average Bonchev–Trinajstić information content (AvgIpc) is 2.72. The molecular weight excluding hydrogens is 260 g/mol. The van der Waals surface area contributed by atoms with Crippen molar-refractivity contribution >= 4 is 0 Å². The summed E-state index contributed by atoms with van der Waals surface area (Å²) in [5.74, 6) is 1.19. The summed E-state index contributed by atoms with van der Waals surface area (Å²) in [6, 6.07) is 7.44. The number of nitriles is 1. The molecule has 0 radical (unpaired) electrons. The van der Waals surface area contributed by atoms with Crippen LogP contribution >= 0.6 is 0 Å². The summed E-state index contributed by atoms with van der Waals surface area (Å²) < 4.78 is 10.8. The van der Waals surface area contributed by atoms with E-state index >= 15 is 0 Å². The van der Waals surface area contributed by atoms with Gasteiger partial charge in [0.2, 0.25) is 0 Å². The molecule has 2 atom stereocenters. The number of benzene rings is 1. The highest BCUT2D eigenvalue weighted by molar-refractivity contribution is 5.49. The summed E-state index contributed by atoms with van der Waals surface area (Å²) in [6.45, 7) is 3.78. The minimum atomic E-state index is -0.885. The molecule has 0 spiro atoms. The molecule has 1 aromatic rings. The van der Waals surface area contributed by atoms with E-state index in [1.165, 1.54) is 0 Å². The van der Waals surface area contributed by atoms with Crippen LogP contribution < -0.4 is 9.47 Å². The molecule has 20 heavy (non-hydrogen) atoms. The van der Waals surface area contributed by atoms with Crippen LogP contribution in [0.3, 0.4) is 0 Å². The van der Waals surface area contributed by atoms with Gasteiger partial charge in [-0.05, 0) is 19.9 Å². The standard InChI is InChI=1S/C14H17N2O4/c1-4-19-16(17)13-14(2,7-8-15)11-6-5-10(18-3)9-12(11)20-13/h5-6,9,13H,4,7H2,1-3H3/q-1. The number of rotatable bonds is 5. The van der Waals surface area contributed by atoms with E-state index in [2.05, 4.69) is 6.07 Å². The molecule has 108 valence electrons. The van der Waals surface area contributed by atoms with Crippen LogP contribution in [0.2, 0.25) is 0 Å². The molecule has 1 aliphatic rings. The smallest absolute Gasteiger partial charge is 0.173 e. The molecule has 0 saturated carbocycles. The second kappa shape index (κ2) is 5.67. The molecule has 0 bridgehead atoms. The normalized spacial score (nSPS) is 24.1. The number of ether oxygens (including phenoxy) is 2. The van der Waals surface area contributed by atoms with Crippen LogP contribution in [-0.2, 0) is 10.3 Å². The van der Waals surface area contributed by atoms with Crippen LogP contribution in [0.15, 0.2) is 18.2 Å². The predicted molar refractivity (Wildman–Crippen MR) is 71.8 cm³/mol. The summed E-state index contributed by atoms with van der Waals surface area (Å²) in [5.41, 5.74) is 0.0678. The Kier molecular flexibility index (Phi) is 4.14. The van der Waals surface area contributed by atoms with Crippen molar-refractivity contribution in [1.29, 1.82) is 5.26 Å². The van der Waals surface area contributed by atoms with Gasteiger partial charge in [0.25, 0.3) is 0 Å². The summed E-state index contributed by atoms with van der Waals surface area (Å²) in [7, 11) is 1.56. The number of hydrogen-bond acceptors (Lipinski definition) is 6. The molecule has 2 unspecified atom stereocenters. The maximum atomic E-state index is 12.0. The lowest BCUT2D eigenvalue weighted by atomic mass is 9.79. The summed E-state index contributed by atoms with van der Waals surface area (Å²) >= 11 is 0. The van der Waals surface area contributed by atoms with Crippen molar-refractivity contribution < 1.29 is 14.3 Å². The monoisotopic (exact) mass is 277 g/mol. The minimum absolute atomic E-state index is 0.156. The Bertz CT molecular complexity index is 528. The third kappa shape index (κ3) is 2.31. The Morgan fingerprint density at radius 3 is 2.90 bits per heavy atom. The minimum Gasteiger partial charge on any atom is -0.759 e. The van der Waals surface area contributed by atoms with Crippen LogP contribution in [0.5, 0.6) is 11.5 Å². The first-order valence-electron chi connectivity index (χ1n) is 6.38. The van der Waals surface area contributed by atoms with E-state index in [0.29, 0.717) is 16.7 Å². The van der Waals surface area contributed by atoms with Crippen molar-refractivity contribution in [2.24, 2.45) is 0 Å². The second-order valence-corrected chi connectivity index (χ2v) is 4.79. The zero-order chi connectivity index (χ0) is 14.8. The zero-order valence-electron chi connectivity index (χ0n) is 11.8. The maximum absolute atomic E-state index is 12.0. The van der Waals surface area contributed by atoms with Crippen molar-refractivity contribution in [2.45, 2.75) is 31.9 Å². The highest BCUT2D eigenvalue weighted by atomic mass is 16.9. The molecule has 0 saturated heterocycles. The second-order valence-electron chi connectivity index (χ2n) is 4.79. The van der Waals surface area contributed by atoms with Gasteiger partial charge in [-0.25, -0.2) is 5.23 Å². The van der Waals surface area contributed by atoms with Crippen molar-refractivity contribution in [3.63, 3.8) is 0 Å². The van der Waals surface area contributed by atoms with E-state index in [9.17, 15) is 5.21 Å². The fraction of sp³-hybridized carbons (Fsp3) is 0.500. The van der Waals surface area contributed by atoms with Gasteiger partial charge in [0.1, 0.15) is 11.5 Å². The van der Waals surface area contributed by atoms with E-state index in [1.807, 2.05) is 13.0 Å². The quantitative estimate of drug-likeness (QED) is 0.769. The molecule has 0 N–H and O–H groups in total. The summed E-state index contributed by atoms with van der Waals surface area (Å²) in [4.78, 5) is 4.97. The molecule has 0 amide bonds. The van der Waals surface area contributed by atoms with Crippen LogP contribution in [0.4, 0.5) is 0 Å². The molecule has 0 aromatic heterocycles. The summed E-state index contributed by atoms with van der Waals surface area (Å²) in [6.07, 6.45) is -0.729. The molecule has 0 fully saturated rings. The van der Waals surface area contributed by atoms with E-state index in [4.69, 9.17) is 19.6 Å². The Morgan fingerprint density at radius 1 is 1.55 bits per heavy atom. The lowest BCUT2D eigenvalue weighted by Crippen LogP contribution is -2.46. The van der Waals surface area contributed by atoms with Crippen molar-refractivity contribution in [1.82, 2.24) is 5.23 Å². The summed E-state index contributed by atoms with van der Waals surface area (Å²) in [5, 5.41) is 21.5.